The molecular formula is C17H18BrNO2. The molecule has 0 saturated heterocycles. The molecule has 1 amide bonds. The van der Waals surface area contributed by atoms with Crippen LogP contribution in [0.5, 0.6) is 5.75 Å². The Morgan fingerprint density at radius 2 is 1.71 bits per heavy atom. The van der Waals surface area contributed by atoms with E-state index in [0.717, 1.165) is 15.8 Å². The molecule has 0 heterocycles. The van der Waals surface area contributed by atoms with Gasteiger partial charge >= 0.3 is 0 Å². The molecule has 0 aliphatic carbocycles. The number of carbonyl (C=O) groups is 1. The van der Waals surface area contributed by atoms with E-state index >= 15 is 0 Å². The molecule has 0 bridgehead atoms. The zero-order valence-corrected chi connectivity index (χ0v) is 13.8. The second-order valence-electron chi connectivity index (χ2n) is 4.75. The van der Waals surface area contributed by atoms with Gasteiger partial charge in [0, 0.05) is 23.6 Å². The van der Waals surface area contributed by atoms with Crippen LogP contribution in [0.1, 0.15) is 22.8 Å². The summed E-state index contributed by atoms with van der Waals surface area (Å²) in [5.74, 6) is 0.783. The van der Waals surface area contributed by atoms with Gasteiger partial charge in [-0.1, -0.05) is 28.1 Å². The van der Waals surface area contributed by atoms with Crippen LogP contribution in [-0.4, -0.2) is 24.5 Å². The van der Waals surface area contributed by atoms with Crippen molar-refractivity contribution in [2.24, 2.45) is 0 Å². The van der Waals surface area contributed by atoms with E-state index in [1.165, 1.54) is 0 Å². The van der Waals surface area contributed by atoms with Crippen molar-refractivity contribution in [1.82, 2.24) is 4.90 Å². The summed E-state index contributed by atoms with van der Waals surface area (Å²) in [4.78, 5) is 14.1. The van der Waals surface area contributed by atoms with E-state index in [1.54, 1.807) is 24.1 Å². The first-order chi connectivity index (χ1) is 10.1. The Morgan fingerprint density at radius 3 is 2.29 bits per heavy atom. The smallest absolute Gasteiger partial charge is 0.253 e. The summed E-state index contributed by atoms with van der Waals surface area (Å²) >= 11 is 3.40. The number of benzene rings is 2. The number of halogens is 1. The Kier molecular flexibility index (Phi) is 5.39. The minimum absolute atomic E-state index is 0.000896. The fourth-order valence-corrected chi connectivity index (χ4v) is 2.28. The molecule has 110 valence electrons. The van der Waals surface area contributed by atoms with Crippen molar-refractivity contribution in [2.45, 2.75) is 13.5 Å². The average molecular weight is 348 g/mol. The van der Waals surface area contributed by atoms with Crippen LogP contribution in [0, 0.1) is 0 Å². The Hall–Kier alpha value is -1.81. The van der Waals surface area contributed by atoms with Crippen LogP contribution in [-0.2, 0) is 6.54 Å². The predicted octanol–water partition coefficient (Wildman–Crippen LogP) is 4.12. The van der Waals surface area contributed by atoms with E-state index in [2.05, 4.69) is 15.9 Å². The van der Waals surface area contributed by atoms with Crippen molar-refractivity contribution < 1.29 is 9.53 Å². The van der Waals surface area contributed by atoms with Crippen molar-refractivity contribution in [2.75, 3.05) is 13.7 Å². The molecule has 0 fully saturated rings. The quantitative estimate of drug-likeness (QED) is 0.814. The van der Waals surface area contributed by atoms with Gasteiger partial charge in [0.25, 0.3) is 5.91 Å². The molecule has 0 unspecified atom stereocenters. The molecule has 0 saturated carbocycles. The Labute approximate surface area is 133 Å². The number of ether oxygens (including phenoxy) is 1. The lowest BCUT2D eigenvalue weighted by Gasteiger charge is -2.17. The molecule has 0 spiro atoms. The lowest BCUT2D eigenvalue weighted by Crippen LogP contribution is -2.26. The topological polar surface area (TPSA) is 29.5 Å². The first-order valence-electron chi connectivity index (χ1n) is 6.83. The number of hydrogen-bond acceptors (Lipinski definition) is 2. The molecule has 0 atom stereocenters. The molecule has 4 heteroatoms. The second-order valence-corrected chi connectivity index (χ2v) is 5.66. The SMILES string of the molecule is CCOc1ccc(C(=O)N(C)Cc2ccc(Br)cc2)cc1. The second kappa shape index (κ2) is 7.27. The summed E-state index contributed by atoms with van der Waals surface area (Å²) in [6.45, 7) is 3.14. The van der Waals surface area contributed by atoms with Gasteiger partial charge in [-0.05, 0) is 48.9 Å². The highest BCUT2D eigenvalue weighted by molar-refractivity contribution is 9.10. The van der Waals surface area contributed by atoms with E-state index in [1.807, 2.05) is 43.3 Å². The van der Waals surface area contributed by atoms with Gasteiger partial charge in [-0.3, -0.25) is 4.79 Å². The summed E-state index contributed by atoms with van der Waals surface area (Å²) in [5.41, 5.74) is 1.76. The number of amides is 1. The fourth-order valence-electron chi connectivity index (χ4n) is 2.02. The molecule has 3 nitrogen and oxygen atoms in total. The standard InChI is InChI=1S/C17H18BrNO2/c1-3-21-16-10-6-14(7-11-16)17(20)19(2)12-13-4-8-15(18)9-5-13/h4-11H,3,12H2,1-2H3. The number of carbonyl (C=O) groups excluding carboxylic acids is 1. The summed E-state index contributed by atoms with van der Waals surface area (Å²) < 4.78 is 6.41. The van der Waals surface area contributed by atoms with Crippen LogP contribution in [0.3, 0.4) is 0 Å². The average Bonchev–Trinajstić information content (AvgIpc) is 2.50. The normalized spacial score (nSPS) is 10.2. The Bertz CT molecular complexity index is 593. The Morgan fingerprint density at radius 1 is 1.10 bits per heavy atom. The first-order valence-corrected chi connectivity index (χ1v) is 7.62. The van der Waals surface area contributed by atoms with Crippen molar-refractivity contribution in [1.29, 1.82) is 0 Å². The van der Waals surface area contributed by atoms with Gasteiger partial charge < -0.3 is 9.64 Å². The predicted molar refractivity (Wildman–Crippen MR) is 87.6 cm³/mol. The molecule has 21 heavy (non-hydrogen) atoms. The zero-order chi connectivity index (χ0) is 15.2. The summed E-state index contributed by atoms with van der Waals surface area (Å²) in [6.07, 6.45) is 0. The summed E-state index contributed by atoms with van der Waals surface area (Å²) in [7, 11) is 1.81. The molecule has 0 aromatic heterocycles. The van der Waals surface area contributed by atoms with Gasteiger partial charge in [-0.25, -0.2) is 0 Å². The monoisotopic (exact) mass is 347 g/mol. The minimum Gasteiger partial charge on any atom is -0.494 e. The molecule has 0 N–H and O–H groups in total. The van der Waals surface area contributed by atoms with E-state index in [-0.39, 0.29) is 5.91 Å². The molecule has 2 aromatic rings. The van der Waals surface area contributed by atoms with Crippen LogP contribution < -0.4 is 4.74 Å². The number of nitrogens with zero attached hydrogens (tertiary/aromatic N) is 1. The molecule has 0 aliphatic rings. The third kappa shape index (κ3) is 4.33. The fraction of sp³-hybridized carbons (Fsp3) is 0.235. The van der Waals surface area contributed by atoms with Crippen LogP contribution in [0.15, 0.2) is 53.0 Å². The van der Waals surface area contributed by atoms with Gasteiger partial charge in [0.05, 0.1) is 6.61 Å². The Balaban J connectivity index is 2.02. The third-order valence-corrected chi connectivity index (χ3v) is 3.62. The van der Waals surface area contributed by atoms with Gasteiger partial charge in [0.1, 0.15) is 5.75 Å². The van der Waals surface area contributed by atoms with Crippen molar-refractivity contribution in [3.8, 4) is 5.75 Å². The lowest BCUT2D eigenvalue weighted by atomic mass is 10.1. The van der Waals surface area contributed by atoms with Crippen LogP contribution >= 0.6 is 15.9 Å². The highest BCUT2D eigenvalue weighted by Crippen LogP contribution is 2.15. The van der Waals surface area contributed by atoms with E-state index in [9.17, 15) is 4.79 Å². The molecule has 2 aromatic carbocycles. The van der Waals surface area contributed by atoms with E-state index in [4.69, 9.17) is 4.74 Å². The lowest BCUT2D eigenvalue weighted by molar-refractivity contribution is 0.0785. The van der Waals surface area contributed by atoms with Crippen LogP contribution in [0.25, 0.3) is 0 Å². The van der Waals surface area contributed by atoms with Gasteiger partial charge in [-0.15, -0.1) is 0 Å². The maximum atomic E-state index is 12.4. The summed E-state index contributed by atoms with van der Waals surface area (Å²) in [5, 5.41) is 0. The molecule has 0 radical (unpaired) electrons. The number of rotatable bonds is 5. The maximum Gasteiger partial charge on any atom is 0.253 e. The highest BCUT2D eigenvalue weighted by Gasteiger charge is 2.12. The van der Waals surface area contributed by atoms with Crippen LogP contribution in [0.4, 0.5) is 0 Å². The van der Waals surface area contributed by atoms with Gasteiger partial charge in [-0.2, -0.15) is 0 Å². The van der Waals surface area contributed by atoms with Crippen LogP contribution in [0.2, 0.25) is 0 Å². The van der Waals surface area contributed by atoms with Crippen molar-refractivity contribution in [3.63, 3.8) is 0 Å². The van der Waals surface area contributed by atoms with Crippen molar-refractivity contribution >= 4 is 21.8 Å². The van der Waals surface area contributed by atoms with Gasteiger partial charge in [0.2, 0.25) is 0 Å². The molecular weight excluding hydrogens is 330 g/mol. The number of hydrogen-bond donors (Lipinski definition) is 0. The third-order valence-electron chi connectivity index (χ3n) is 3.09. The van der Waals surface area contributed by atoms with Gasteiger partial charge in [0.15, 0.2) is 0 Å². The van der Waals surface area contributed by atoms with Crippen molar-refractivity contribution in [3.05, 3.63) is 64.1 Å². The molecule has 2 rings (SSSR count). The first kappa shape index (κ1) is 15.6. The largest absolute Gasteiger partial charge is 0.494 e. The van der Waals surface area contributed by atoms with E-state index in [0.29, 0.717) is 18.7 Å². The van der Waals surface area contributed by atoms with E-state index < -0.39 is 0 Å². The molecule has 0 aliphatic heterocycles. The minimum atomic E-state index is 0.000896. The maximum absolute atomic E-state index is 12.4. The highest BCUT2D eigenvalue weighted by atomic mass is 79.9. The zero-order valence-electron chi connectivity index (χ0n) is 12.2. The summed E-state index contributed by atoms with van der Waals surface area (Å²) in [6, 6.07) is 15.2.